The van der Waals surface area contributed by atoms with Gasteiger partial charge in [0, 0.05) is 6.54 Å². The summed E-state index contributed by atoms with van der Waals surface area (Å²) in [6.07, 6.45) is -0.719. The SMILES string of the molecule is COc1ccc(CCNC(=O)[C@@H]2CC[C@H](C(=O)O)O2)cc1OC(F)F. The number of amides is 1. The minimum absolute atomic E-state index is 0.0789. The van der Waals surface area contributed by atoms with Crippen LogP contribution in [0.25, 0.3) is 0 Å². The number of ether oxygens (including phenoxy) is 3. The van der Waals surface area contributed by atoms with Crippen LogP contribution in [-0.4, -0.2) is 49.5 Å². The third-order valence-corrected chi connectivity index (χ3v) is 3.74. The van der Waals surface area contributed by atoms with Crippen molar-refractivity contribution in [3.8, 4) is 11.5 Å². The van der Waals surface area contributed by atoms with Gasteiger partial charge in [0.2, 0.25) is 5.91 Å². The number of benzene rings is 1. The molecule has 1 amide bonds. The smallest absolute Gasteiger partial charge is 0.387 e. The number of carboxylic acid groups (broad SMARTS) is 1. The number of carboxylic acids is 1. The summed E-state index contributed by atoms with van der Waals surface area (Å²) in [5.41, 5.74) is 0.674. The zero-order chi connectivity index (χ0) is 18.4. The molecule has 2 N–H and O–H groups in total. The number of hydrogen-bond acceptors (Lipinski definition) is 5. The Kier molecular flexibility index (Phi) is 6.51. The molecule has 1 heterocycles. The summed E-state index contributed by atoms with van der Waals surface area (Å²) in [7, 11) is 1.35. The van der Waals surface area contributed by atoms with Crippen molar-refractivity contribution >= 4 is 11.9 Å². The maximum absolute atomic E-state index is 12.4. The van der Waals surface area contributed by atoms with E-state index in [0.717, 1.165) is 0 Å². The summed E-state index contributed by atoms with van der Waals surface area (Å²) in [6, 6.07) is 4.60. The maximum Gasteiger partial charge on any atom is 0.387 e. The fourth-order valence-corrected chi connectivity index (χ4v) is 2.52. The monoisotopic (exact) mass is 359 g/mol. The van der Waals surface area contributed by atoms with Gasteiger partial charge in [-0.25, -0.2) is 4.79 Å². The summed E-state index contributed by atoms with van der Waals surface area (Å²) < 4.78 is 39.3. The van der Waals surface area contributed by atoms with E-state index in [2.05, 4.69) is 10.1 Å². The Morgan fingerprint density at radius 3 is 2.64 bits per heavy atom. The Balaban J connectivity index is 1.85. The molecule has 1 aromatic rings. The number of carbonyl (C=O) groups is 2. The van der Waals surface area contributed by atoms with Gasteiger partial charge in [0.25, 0.3) is 0 Å². The van der Waals surface area contributed by atoms with E-state index < -0.39 is 24.8 Å². The summed E-state index contributed by atoms with van der Waals surface area (Å²) in [6.45, 7) is -2.72. The van der Waals surface area contributed by atoms with Crippen LogP contribution in [0.15, 0.2) is 18.2 Å². The van der Waals surface area contributed by atoms with E-state index in [0.29, 0.717) is 24.8 Å². The lowest BCUT2D eigenvalue weighted by atomic mass is 10.1. The zero-order valence-electron chi connectivity index (χ0n) is 13.5. The molecule has 2 rings (SSSR count). The normalized spacial score (nSPS) is 19.7. The van der Waals surface area contributed by atoms with Crippen LogP contribution in [-0.2, 0) is 20.7 Å². The highest BCUT2D eigenvalue weighted by atomic mass is 19.3. The maximum atomic E-state index is 12.4. The first kappa shape index (κ1) is 18.9. The van der Waals surface area contributed by atoms with E-state index >= 15 is 0 Å². The van der Waals surface area contributed by atoms with Crippen molar-refractivity contribution < 1.29 is 37.7 Å². The van der Waals surface area contributed by atoms with Gasteiger partial charge in [-0.2, -0.15) is 8.78 Å². The molecular weight excluding hydrogens is 340 g/mol. The predicted octanol–water partition coefficient (Wildman–Crippen LogP) is 1.59. The largest absolute Gasteiger partial charge is 0.493 e. The molecule has 0 aliphatic carbocycles. The number of methoxy groups -OCH3 is 1. The topological polar surface area (TPSA) is 94.1 Å². The van der Waals surface area contributed by atoms with Gasteiger partial charge in [0.1, 0.15) is 6.10 Å². The van der Waals surface area contributed by atoms with Gasteiger partial charge in [-0.05, 0) is 37.0 Å². The quantitative estimate of drug-likeness (QED) is 0.732. The molecule has 1 aliphatic heterocycles. The molecule has 0 saturated carbocycles. The Hall–Kier alpha value is -2.42. The second-order valence-electron chi connectivity index (χ2n) is 5.43. The van der Waals surface area contributed by atoms with E-state index in [1.807, 2.05) is 0 Å². The fourth-order valence-electron chi connectivity index (χ4n) is 2.52. The lowest BCUT2D eigenvalue weighted by molar-refractivity contribution is -0.151. The average molecular weight is 359 g/mol. The van der Waals surface area contributed by atoms with Crippen LogP contribution < -0.4 is 14.8 Å². The van der Waals surface area contributed by atoms with Gasteiger partial charge in [-0.3, -0.25) is 4.79 Å². The van der Waals surface area contributed by atoms with Crippen LogP contribution in [0.3, 0.4) is 0 Å². The summed E-state index contributed by atoms with van der Waals surface area (Å²) >= 11 is 0. The first-order valence-electron chi connectivity index (χ1n) is 7.68. The van der Waals surface area contributed by atoms with E-state index in [9.17, 15) is 18.4 Å². The van der Waals surface area contributed by atoms with Crippen LogP contribution in [0.1, 0.15) is 18.4 Å². The van der Waals surface area contributed by atoms with Gasteiger partial charge in [0.05, 0.1) is 7.11 Å². The average Bonchev–Trinajstić information content (AvgIpc) is 3.05. The molecule has 1 saturated heterocycles. The Morgan fingerprint density at radius 1 is 1.32 bits per heavy atom. The predicted molar refractivity (Wildman–Crippen MR) is 81.9 cm³/mol. The van der Waals surface area contributed by atoms with Crippen molar-refractivity contribution in [3.05, 3.63) is 23.8 Å². The Bertz CT molecular complexity index is 625. The minimum Gasteiger partial charge on any atom is -0.493 e. The van der Waals surface area contributed by atoms with E-state index in [4.69, 9.17) is 14.6 Å². The molecule has 0 unspecified atom stereocenters. The van der Waals surface area contributed by atoms with Gasteiger partial charge in [-0.1, -0.05) is 6.07 Å². The molecule has 0 bridgehead atoms. The summed E-state index contributed by atoms with van der Waals surface area (Å²) in [5, 5.41) is 11.5. The number of rotatable bonds is 8. The van der Waals surface area contributed by atoms with Gasteiger partial charge < -0.3 is 24.6 Å². The van der Waals surface area contributed by atoms with Crippen molar-refractivity contribution in [1.82, 2.24) is 5.32 Å². The molecule has 0 spiro atoms. The highest BCUT2D eigenvalue weighted by molar-refractivity contribution is 5.82. The molecule has 1 aromatic carbocycles. The van der Waals surface area contributed by atoms with Crippen molar-refractivity contribution in [2.45, 2.75) is 38.1 Å². The van der Waals surface area contributed by atoms with Crippen molar-refractivity contribution in [1.29, 1.82) is 0 Å². The summed E-state index contributed by atoms with van der Waals surface area (Å²) in [4.78, 5) is 22.7. The van der Waals surface area contributed by atoms with Gasteiger partial charge in [-0.15, -0.1) is 0 Å². The van der Waals surface area contributed by atoms with E-state index in [1.165, 1.54) is 19.2 Å². The lowest BCUT2D eigenvalue weighted by Crippen LogP contribution is -2.36. The third-order valence-electron chi connectivity index (χ3n) is 3.74. The molecule has 138 valence electrons. The molecule has 1 aliphatic rings. The molecule has 1 fully saturated rings. The second kappa shape index (κ2) is 8.61. The number of aliphatic carboxylic acids is 1. The first-order valence-corrected chi connectivity index (χ1v) is 7.68. The fraction of sp³-hybridized carbons (Fsp3) is 0.500. The number of halogens is 2. The third kappa shape index (κ3) is 5.28. The molecule has 0 radical (unpaired) electrons. The Labute approximate surface area is 142 Å². The van der Waals surface area contributed by atoms with Crippen LogP contribution in [0.4, 0.5) is 8.78 Å². The van der Waals surface area contributed by atoms with Crippen LogP contribution >= 0.6 is 0 Å². The second-order valence-corrected chi connectivity index (χ2v) is 5.43. The summed E-state index contributed by atoms with van der Waals surface area (Å²) in [5.74, 6) is -1.36. The first-order chi connectivity index (χ1) is 11.9. The molecule has 7 nitrogen and oxygen atoms in total. The standard InChI is InChI=1S/C16H19F2NO6/c1-23-10-3-2-9(8-13(10)25-16(17)18)6-7-19-14(20)11-4-5-12(24-11)15(21)22/h2-3,8,11-12,16H,4-7H2,1H3,(H,19,20)(H,21,22)/t11-,12+/m0/s1. The van der Waals surface area contributed by atoms with Gasteiger partial charge >= 0.3 is 12.6 Å². The minimum atomic E-state index is -2.97. The number of nitrogens with one attached hydrogen (secondary N) is 1. The van der Waals surface area contributed by atoms with Crippen LogP contribution in [0.5, 0.6) is 11.5 Å². The van der Waals surface area contributed by atoms with E-state index in [1.54, 1.807) is 6.07 Å². The van der Waals surface area contributed by atoms with E-state index in [-0.39, 0.29) is 24.0 Å². The Morgan fingerprint density at radius 2 is 2.04 bits per heavy atom. The highest BCUT2D eigenvalue weighted by Crippen LogP contribution is 2.29. The van der Waals surface area contributed by atoms with Crippen molar-refractivity contribution in [2.24, 2.45) is 0 Å². The molecule has 25 heavy (non-hydrogen) atoms. The molecular formula is C16H19F2NO6. The van der Waals surface area contributed by atoms with Crippen molar-refractivity contribution in [2.75, 3.05) is 13.7 Å². The molecule has 9 heteroatoms. The van der Waals surface area contributed by atoms with Crippen molar-refractivity contribution in [3.63, 3.8) is 0 Å². The van der Waals surface area contributed by atoms with Crippen LogP contribution in [0, 0.1) is 0 Å². The van der Waals surface area contributed by atoms with Crippen LogP contribution in [0.2, 0.25) is 0 Å². The highest BCUT2D eigenvalue weighted by Gasteiger charge is 2.34. The number of hydrogen-bond donors (Lipinski definition) is 2. The molecule has 0 aromatic heterocycles. The number of carbonyl (C=O) groups excluding carboxylic acids is 1. The van der Waals surface area contributed by atoms with Gasteiger partial charge in [0.15, 0.2) is 17.6 Å². The zero-order valence-corrected chi connectivity index (χ0v) is 13.5. The molecule has 2 atom stereocenters. The lowest BCUT2D eigenvalue weighted by Gasteiger charge is -2.13. The number of alkyl halides is 2.